The highest BCUT2D eigenvalue weighted by molar-refractivity contribution is 6.20. The van der Waals surface area contributed by atoms with Crippen LogP contribution in [0.2, 0.25) is 0 Å². The van der Waals surface area contributed by atoms with Gasteiger partial charge in [-0.1, -0.05) is 97.1 Å². The first kappa shape index (κ1) is 25.7. The normalized spacial score (nSPS) is 11.3. The maximum absolute atomic E-state index is 9.44. The van der Waals surface area contributed by atoms with Crippen molar-refractivity contribution in [1.82, 2.24) is 19.9 Å². The summed E-state index contributed by atoms with van der Waals surface area (Å²) in [6, 6.07) is 36.0. The average molecular weight is 547 g/mol. The van der Waals surface area contributed by atoms with Crippen LogP contribution >= 0.6 is 0 Å². The fourth-order valence-electron chi connectivity index (χ4n) is 5.47. The van der Waals surface area contributed by atoms with Crippen molar-refractivity contribution in [3.63, 3.8) is 0 Å². The maximum atomic E-state index is 9.44. The molecule has 0 atom stereocenters. The largest absolute Gasteiger partial charge is 0.392 e. The second kappa shape index (κ2) is 10.9. The van der Waals surface area contributed by atoms with Crippen LogP contribution in [-0.4, -0.2) is 30.1 Å². The van der Waals surface area contributed by atoms with Crippen LogP contribution in [0.4, 0.5) is 0 Å². The fraction of sp³-hybridized carbons (Fsp3) is 0.0556. The van der Waals surface area contributed by atoms with E-state index in [4.69, 9.17) is 9.97 Å². The molecule has 2 N–H and O–H groups in total. The topological polar surface area (TPSA) is 92.0 Å². The summed E-state index contributed by atoms with van der Waals surface area (Å²) in [5, 5.41) is 23.2. The van der Waals surface area contributed by atoms with Gasteiger partial charge >= 0.3 is 0 Å². The van der Waals surface area contributed by atoms with Gasteiger partial charge in [-0.3, -0.25) is 0 Å². The zero-order chi connectivity index (χ0) is 28.5. The van der Waals surface area contributed by atoms with Gasteiger partial charge in [-0.25, -0.2) is 19.9 Å². The minimum Gasteiger partial charge on any atom is -0.392 e. The summed E-state index contributed by atoms with van der Waals surface area (Å²) in [7, 11) is 0. The molecule has 6 heteroatoms. The van der Waals surface area contributed by atoms with E-state index in [9.17, 15) is 10.2 Å². The van der Waals surface area contributed by atoms with E-state index in [1.54, 1.807) is 12.4 Å². The molecule has 2 aromatic heterocycles. The van der Waals surface area contributed by atoms with E-state index in [0.29, 0.717) is 11.6 Å². The second-order valence-corrected chi connectivity index (χ2v) is 10.1. The molecule has 42 heavy (non-hydrogen) atoms. The molecule has 6 nitrogen and oxygen atoms in total. The summed E-state index contributed by atoms with van der Waals surface area (Å²) < 4.78 is 0. The summed E-state index contributed by atoms with van der Waals surface area (Å²) in [5.41, 5.74) is 7.20. The highest BCUT2D eigenvalue weighted by Gasteiger charge is 2.19. The van der Waals surface area contributed by atoms with Crippen molar-refractivity contribution in [1.29, 1.82) is 0 Å². The molecule has 7 rings (SSSR count). The van der Waals surface area contributed by atoms with Crippen molar-refractivity contribution in [2.75, 3.05) is 0 Å². The molecule has 0 fully saturated rings. The van der Waals surface area contributed by atoms with Crippen molar-refractivity contribution in [3.05, 3.63) is 133 Å². The lowest BCUT2D eigenvalue weighted by Gasteiger charge is -2.17. The first-order chi connectivity index (χ1) is 20.7. The molecule has 0 saturated carbocycles. The smallest absolute Gasteiger partial charge is 0.159 e. The molecular weight excluding hydrogens is 520 g/mol. The first-order valence-corrected chi connectivity index (χ1v) is 13.7. The van der Waals surface area contributed by atoms with Crippen molar-refractivity contribution in [3.8, 4) is 45.3 Å². The Morgan fingerprint density at radius 2 is 0.786 bits per heavy atom. The SMILES string of the molecule is OCc1ccc(-c2nccc(-c3c4ccccc4c(-c4ccnc(-c5ccc(CO)cc5)n4)c4ccccc34)n2)cc1. The number of benzene rings is 5. The van der Waals surface area contributed by atoms with Crippen molar-refractivity contribution in [2.45, 2.75) is 13.2 Å². The molecule has 7 aromatic rings. The highest BCUT2D eigenvalue weighted by atomic mass is 16.3. The quantitative estimate of drug-likeness (QED) is 0.214. The summed E-state index contributed by atoms with van der Waals surface area (Å²) >= 11 is 0. The van der Waals surface area contributed by atoms with Crippen LogP contribution in [0.15, 0.2) is 122 Å². The lowest BCUT2D eigenvalue weighted by molar-refractivity contribution is 0.281. The Bertz CT molecular complexity index is 1850. The van der Waals surface area contributed by atoms with Gasteiger partial charge in [-0.15, -0.1) is 0 Å². The Labute approximate surface area is 242 Å². The summed E-state index contributed by atoms with van der Waals surface area (Å²) in [4.78, 5) is 19.2. The van der Waals surface area contributed by atoms with Gasteiger partial charge in [0.2, 0.25) is 0 Å². The van der Waals surface area contributed by atoms with E-state index >= 15 is 0 Å². The number of hydrogen-bond acceptors (Lipinski definition) is 6. The number of aliphatic hydroxyl groups is 2. The molecule has 2 heterocycles. The number of aromatic nitrogens is 4. The number of aliphatic hydroxyl groups excluding tert-OH is 2. The van der Waals surface area contributed by atoms with Crippen LogP contribution in [-0.2, 0) is 13.2 Å². The molecule has 0 bridgehead atoms. The second-order valence-electron chi connectivity index (χ2n) is 10.1. The molecule has 0 unspecified atom stereocenters. The molecular formula is C36H26N4O2. The predicted molar refractivity (Wildman–Crippen MR) is 166 cm³/mol. The van der Waals surface area contributed by atoms with Crippen LogP contribution < -0.4 is 0 Å². The van der Waals surface area contributed by atoms with Gasteiger partial charge in [-0.05, 0) is 44.8 Å². The molecule has 0 amide bonds. The lowest BCUT2D eigenvalue weighted by Crippen LogP contribution is -1.97. The summed E-state index contributed by atoms with van der Waals surface area (Å²) in [6.45, 7) is -0.00928. The van der Waals surface area contributed by atoms with E-state index < -0.39 is 0 Å². The van der Waals surface area contributed by atoms with Gasteiger partial charge in [-0.2, -0.15) is 0 Å². The van der Waals surface area contributed by atoms with E-state index in [-0.39, 0.29) is 13.2 Å². The van der Waals surface area contributed by atoms with Gasteiger partial charge < -0.3 is 10.2 Å². The Morgan fingerprint density at radius 1 is 0.429 bits per heavy atom. The van der Waals surface area contributed by atoms with Crippen LogP contribution in [0.25, 0.3) is 66.8 Å². The number of nitrogens with zero attached hydrogens (tertiary/aromatic N) is 4. The molecule has 0 spiro atoms. The standard InChI is InChI=1S/C36H26N4O2/c41-21-23-9-13-25(14-10-23)35-37-19-17-31(39-35)33-27-5-1-2-6-28(27)34(30-8-4-3-7-29(30)33)32-18-20-38-36(40-32)26-15-11-24(22-42)12-16-26/h1-20,41-42H,21-22H2. The van der Waals surface area contributed by atoms with Gasteiger partial charge in [0.05, 0.1) is 24.6 Å². The third kappa shape index (κ3) is 4.59. The van der Waals surface area contributed by atoms with Gasteiger partial charge in [0.1, 0.15) is 0 Å². The Kier molecular flexibility index (Phi) is 6.68. The number of rotatable bonds is 6. The Balaban J connectivity index is 1.44. The van der Waals surface area contributed by atoms with Gasteiger partial charge in [0.25, 0.3) is 0 Å². The van der Waals surface area contributed by atoms with Crippen LogP contribution in [0.5, 0.6) is 0 Å². The number of fused-ring (bicyclic) bond motifs is 2. The molecule has 202 valence electrons. The van der Waals surface area contributed by atoms with Crippen molar-refractivity contribution >= 4 is 21.5 Å². The predicted octanol–water partition coefficient (Wildman–Crippen LogP) is 7.23. The van der Waals surface area contributed by atoms with Crippen LogP contribution in [0.1, 0.15) is 11.1 Å². The lowest BCUT2D eigenvalue weighted by atomic mass is 9.89. The zero-order valence-corrected chi connectivity index (χ0v) is 22.6. The van der Waals surface area contributed by atoms with Crippen molar-refractivity contribution in [2.24, 2.45) is 0 Å². The van der Waals surface area contributed by atoms with E-state index in [1.807, 2.05) is 84.9 Å². The average Bonchev–Trinajstić information content (AvgIpc) is 3.07. The maximum Gasteiger partial charge on any atom is 0.159 e. The third-order valence-corrected chi connectivity index (χ3v) is 7.54. The summed E-state index contributed by atoms with van der Waals surface area (Å²) in [6.07, 6.45) is 3.60. The molecule has 0 aliphatic rings. The van der Waals surface area contributed by atoms with Crippen molar-refractivity contribution < 1.29 is 10.2 Å². The minimum absolute atomic E-state index is 0.00464. The highest BCUT2D eigenvalue weighted by Crippen LogP contribution is 2.43. The van der Waals surface area contributed by atoms with Gasteiger partial charge in [0.15, 0.2) is 11.6 Å². The monoisotopic (exact) mass is 546 g/mol. The molecule has 0 saturated heterocycles. The molecule has 5 aromatic carbocycles. The van der Waals surface area contributed by atoms with Crippen LogP contribution in [0, 0.1) is 0 Å². The Morgan fingerprint density at radius 3 is 1.12 bits per heavy atom. The fourth-order valence-corrected chi connectivity index (χ4v) is 5.47. The molecule has 0 aliphatic heterocycles. The third-order valence-electron chi connectivity index (χ3n) is 7.54. The molecule has 0 aliphatic carbocycles. The Hall–Kier alpha value is -5.30. The zero-order valence-electron chi connectivity index (χ0n) is 22.6. The summed E-state index contributed by atoms with van der Waals surface area (Å²) in [5.74, 6) is 1.25. The minimum atomic E-state index is -0.00464. The molecule has 0 radical (unpaired) electrons. The van der Waals surface area contributed by atoms with E-state index in [1.165, 1.54) is 0 Å². The number of hydrogen-bond donors (Lipinski definition) is 2. The van der Waals surface area contributed by atoms with Gasteiger partial charge in [0, 0.05) is 34.6 Å². The van der Waals surface area contributed by atoms with Crippen LogP contribution in [0.3, 0.4) is 0 Å². The first-order valence-electron chi connectivity index (χ1n) is 13.7. The van der Waals surface area contributed by atoms with E-state index in [2.05, 4.69) is 34.2 Å². The van der Waals surface area contributed by atoms with E-state index in [0.717, 1.165) is 66.3 Å².